The van der Waals surface area contributed by atoms with Gasteiger partial charge in [0.15, 0.2) is 34.5 Å². The van der Waals surface area contributed by atoms with Gasteiger partial charge in [0.05, 0.1) is 21.3 Å². The highest BCUT2D eigenvalue weighted by Crippen LogP contribution is 2.52. The van der Waals surface area contributed by atoms with Gasteiger partial charge in [0.1, 0.15) is 18.5 Å². The molecule has 294 valence electrons. The van der Waals surface area contributed by atoms with E-state index in [1.165, 1.54) is 16.7 Å². The minimum absolute atomic E-state index is 0.0368. The number of nitrogens with one attached hydrogen (secondary N) is 1. The molecule has 0 spiro atoms. The predicted octanol–water partition coefficient (Wildman–Crippen LogP) is 6.52. The summed E-state index contributed by atoms with van der Waals surface area (Å²) in [5.74, 6) is 4.89. The molecule has 1 unspecified atom stereocenters. The zero-order chi connectivity index (χ0) is 38.5. The van der Waals surface area contributed by atoms with Gasteiger partial charge < -0.3 is 43.6 Å². The maximum absolute atomic E-state index is 11.1. The van der Waals surface area contributed by atoms with Crippen LogP contribution in [-0.4, -0.2) is 103 Å². The molecule has 6 bridgehead atoms. The Balaban J connectivity index is 1.38. The van der Waals surface area contributed by atoms with Crippen LogP contribution in [0.4, 0.5) is 0 Å². The normalized spacial score (nSPS) is 18.6. The van der Waals surface area contributed by atoms with Crippen molar-refractivity contribution < 1.29 is 38.3 Å². The van der Waals surface area contributed by atoms with E-state index in [1.807, 2.05) is 18.2 Å². The molecule has 55 heavy (non-hydrogen) atoms. The summed E-state index contributed by atoms with van der Waals surface area (Å²) in [6.07, 6.45) is 3.24. The molecule has 0 fully saturated rings. The van der Waals surface area contributed by atoms with E-state index >= 15 is 0 Å². The van der Waals surface area contributed by atoms with Gasteiger partial charge in [-0.2, -0.15) is 0 Å². The minimum Gasteiger partial charge on any atom is -0.493 e. The summed E-state index contributed by atoms with van der Waals surface area (Å²) in [6, 6.07) is 20.9. The molecule has 4 heterocycles. The van der Waals surface area contributed by atoms with Crippen LogP contribution in [0.1, 0.15) is 51.9 Å². The molecule has 3 atom stereocenters. The molecule has 8 rings (SSSR count). The number of ether oxygens (including phenoxy) is 7. The summed E-state index contributed by atoms with van der Waals surface area (Å²) in [5, 5.41) is 14.3. The number of aliphatic hydroxyl groups excluding tert-OH is 1. The van der Waals surface area contributed by atoms with Crippen LogP contribution in [0.3, 0.4) is 0 Å². The van der Waals surface area contributed by atoms with E-state index in [-0.39, 0.29) is 18.7 Å². The number of methoxy groups -OCH3 is 4. The van der Waals surface area contributed by atoms with Gasteiger partial charge in [-0.25, -0.2) is 0 Å². The van der Waals surface area contributed by atoms with Crippen molar-refractivity contribution in [2.75, 3.05) is 81.9 Å². The molecule has 0 amide bonds. The van der Waals surface area contributed by atoms with E-state index in [4.69, 9.17) is 33.2 Å². The molecule has 0 aromatic heterocycles. The molecule has 4 aromatic carbocycles. The van der Waals surface area contributed by atoms with Gasteiger partial charge in [-0.15, -0.1) is 0 Å². The van der Waals surface area contributed by atoms with Gasteiger partial charge >= 0.3 is 0 Å². The standard InChI is InChI=1S/C44H55N3O8/c1-46-17-14-30-23-38(51-5)40-25-34(30)35(46)20-28-8-11-33(12-9-28)54-39-22-29(10-13-37(39)50-4)21-36-42-31(15-18-47(36)2)24-41(52-6)43(44(42)55-40)53-27-32(48)26-45-16-7-19-49-3/h8-13,22-25,32,35-36,45,48H,7,14-21,26-27H2,1-6H3/t32?,35-,36-/m0/s1. The van der Waals surface area contributed by atoms with Crippen LogP contribution in [0.2, 0.25) is 0 Å². The summed E-state index contributed by atoms with van der Waals surface area (Å²) in [7, 11) is 11.0. The van der Waals surface area contributed by atoms with Crippen molar-refractivity contribution in [1.82, 2.24) is 15.1 Å². The molecule has 4 aromatic rings. The summed E-state index contributed by atoms with van der Waals surface area (Å²) in [4.78, 5) is 4.77. The third-order valence-electron chi connectivity index (χ3n) is 11.1. The van der Waals surface area contributed by atoms with E-state index in [1.54, 1.807) is 28.4 Å². The SMILES string of the molecule is COCCCNCC(O)COc1c(OC)cc2c3c1Oc1cc4c(cc1OC)CCN(C)[C@H]4Cc1ccc(cc1)Oc1cc(ccc1OC)C[C@@H]3N(C)CC2. The fourth-order valence-corrected chi connectivity index (χ4v) is 8.07. The Hall–Kier alpha value is -4.52. The number of likely N-dealkylation sites (N-methyl/N-ethyl adjacent to an activating group) is 2. The van der Waals surface area contributed by atoms with Gasteiger partial charge in [-0.05, 0) is 123 Å². The fourth-order valence-electron chi connectivity index (χ4n) is 8.07. The largest absolute Gasteiger partial charge is 0.493 e. The van der Waals surface area contributed by atoms with Crippen molar-refractivity contribution in [2.45, 2.75) is 50.3 Å². The number of hydrogen-bond acceptors (Lipinski definition) is 11. The Kier molecular flexibility index (Phi) is 12.3. The molecule has 0 saturated carbocycles. The number of nitrogens with zero attached hydrogens (tertiary/aromatic N) is 2. The number of rotatable bonds is 12. The van der Waals surface area contributed by atoms with Crippen molar-refractivity contribution in [1.29, 1.82) is 0 Å². The molecule has 0 aliphatic carbocycles. The first-order chi connectivity index (χ1) is 26.8. The maximum Gasteiger partial charge on any atom is 0.204 e. The Morgan fingerprint density at radius 2 is 1.44 bits per heavy atom. The number of benzene rings is 4. The van der Waals surface area contributed by atoms with E-state index in [0.717, 1.165) is 67.8 Å². The van der Waals surface area contributed by atoms with Crippen molar-refractivity contribution in [3.63, 3.8) is 0 Å². The second-order valence-electron chi connectivity index (χ2n) is 14.8. The highest BCUT2D eigenvalue weighted by molar-refractivity contribution is 5.64. The average Bonchev–Trinajstić information content (AvgIpc) is 3.19. The van der Waals surface area contributed by atoms with E-state index < -0.39 is 6.10 Å². The second-order valence-corrected chi connectivity index (χ2v) is 14.8. The Morgan fingerprint density at radius 1 is 0.764 bits per heavy atom. The molecule has 2 N–H and O–H groups in total. The Morgan fingerprint density at radius 3 is 2.18 bits per heavy atom. The van der Waals surface area contributed by atoms with Crippen LogP contribution in [-0.2, 0) is 30.4 Å². The molecule has 4 aliphatic heterocycles. The number of hydrogen-bond donors (Lipinski definition) is 2. The van der Waals surface area contributed by atoms with Crippen LogP contribution in [0.15, 0.2) is 60.7 Å². The third kappa shape index (κ3) is 8.51. The summed E-state index contributed by atoms with van der Waals surface area (Å²) >= 11 is 0. The molecule has 11 nitrogen and oxygen atoms in total. The lowest BCUT2D eigenvalue weighted by atomic mass is 9.87. The Bertz CT molecular complexity index is 1940. The van der Waals surface area contributed by atoms with Gasteiger partial charge in [-0.1, -0.05) is 18.2 Å². The third-order valence-corrected chi connectivity index (χ3v) is 11.1. The minimum atomic E-state index is -0.769. The van der Waals surface area contributed by atoms with Crippen LogP contribution in [0.25, 0.3) is 0 Å². The summed E-state index contributed by atoms with van der Waals surface area (Å²) < 4.78 is 43.3. The lowest BCUT2D eigenvalue weighted by molar-refractivity contribution is 0.102. The molecule has 0 saturated heterocycles. The monoisotopic (exact) mass is 753 g/mol. The average molecular weight is 754 g/mol. The zero-order valence-corrected chi connectivity index (χ0v) is 33.0. The van der Waals surface area contributed by atoms with Crippen molar-refractivity contribution >= 4 is 0 Å². The smallest absolute Gasteiger partial charge is 0.204 e. The lowest BCUT2D eigenvalue weighted by Crippen LogP contribution is -2.34. The predicted molar refractivity (Wildman–Crippen MR) is 212 cm³/mol. The summed E-state index contributed by atoms with van der Waals surface area (Å²) in [6.45, 7) is 3.56. The highest BCUT2D eigenvalue weighted by atomic mass is 16.6. The Labute approximate surface area is 325 Å². The second kappa shape index (κ2) is 17.5. The molecule has 0 radical (unpaired) electrons. The lowest BCUT2D eigenvalue weighted by Gasteiger charge is -2.37. The first kappa shape index (κ1) is 38.7. The van der Waals surface area contributed by atoms with Crippen molar-refractivity contribution in [3.8, 4) is 46.0 Å². The molecular weight excluding hydrogens is 698 g/mol. The quantitative estimate of drug-likeness (QED) is 0.155. The van der Waals surface area contributed by atoms with E-state index in [0.29, 0.717) is 59.8 Å². The number of fused-ring (bicyclic) bond motifs is 2. The summed E-state index contributed by atoms with van der Waals surface area (Å²) in [5.41, 5.74) is 6.86. The zero-order valence-electron chi connectivity index (χ0n) is 33.0. The van der Waals surface area contributed by atoms with Gasteiger partial charge in [0, 0.05) is 51.0 Å². The van der Waals surface area contributed by atoms with Crippen molar-refractivity contribution in [3.05, 3.63) is 94.0 Å². The first-order valence-corrected chi connectivity index (χ1v) is 19.3. The first-order valence-electron chi connectivity index (χ1n) is 19.3. The molecule has 11 heteroatoms. The van der Waals surface area contributed by atoms with Gasteiger partial charge in [-0.3, -0.25) is 9.80 Å². The fraction of sp³-hybridized carbons (Fsp3) is 0.455. The van der Waals surface area contributed by atoms with Crippen LogP contribution in [0.5, 0.6) is 46.0 Å². The van der Waals surface area contributed by atoms with E-state index in [9.17, 15) is 5.11 Å². The number of aliphatic hydroxyl groups is 1. The van der Waals surface area contributed by atoms with Crippen LogP contribution >= 0.6 is 0 Å². The topological polar surface area (TPSA) is 103 Å². The maximum atomic E-state index is 11.1. The van der Waals surface area contributed by atoms with Crippen LogP contribution in [0, 0.1) is 0 Å². The van der Waals surface area contributed by atoms with E-state index in [2.05, 4.69) is 71.7 Å². The van der Waals surface area contributed by atoms with Crippen LogP contribution < -0.4 is 33.7 Å². The molecular formula is C44H55N3O8. The molecule has 4 aliphatic rings. The van der Waals surface area contributed by atoms with Crippen molar-refractivity contribution in [2.24, 2.45) is 0 Å². The van der Waals surface area contributed by atoms with Gasteiger partial charge in [0.2, 0.25) is 5.75 Å². The highest BCUT2D eigenvalue weighted by Gasteiger charge is 2.35. The van der Waals surface area contributed by atoms with Gasteiger partial charge in [0.25, 0.3) is 0 Å².